The van der Waals surface area contributed by atoms with Gasteiger partial charge in [-0.15, -0.1) is 0 Å². The van der Waals surface area contributed by atoms with Crippen LogP contribution in [0, 0.1) is 5.92 Å². The molecule has 2 aromatic rings. The van der Waals surface area contributed by atoms with Crippen LogP contribution in [-0.4, -0.2) is 52.0 Å². The molecule has 164 valence electrons. The van der Waals surface area contributed by atoms with Crippen LogP contribution in [-0.2, 0) is 16.1 Å². The van der Waals surface area contributed by atoms with Gasteiger partial charge in [0.15, 0.2) is 12.1 Å². The monoisotopic (exact) mass is 422 g/mol. The predicted octanol–water partition coefficient (Wildman–Crippen LogP) is 3.72. The van der Waals surface area contributed by atoms with Crippen LogP contribution >= 0.6 is 0 Å². The second kappa shape index (κ2) is 9.10. The lowest BCUT2D eigenvalue weighted by molar-refractivity contribution is -0.157. The Hall–Kier alpha value is -2.86. The maximum atomic E-state index is 13.6. The highest BCUT2D eigenvalue weighted by atomic mass is 16.5. The van der Waals surface area contributed by atoms with Crippen LogP contribution in [0.3, 0.4) is 0 Å². The van der Waals surface area contributed by atoms with Gasteiger partial charge in [0.2, 0.25) is 0 Å². The molecule has 6 heteroatoms. The van der Waals surface area contributed by atoms with Crippen molar-refractivity contribution in [2.24, 2.45) is 5.92 Å². The molecule has 2 unspecified atom stereocenters. The number of para-hydroxylation sites is 1. The first-order valence-electron chi connectivity index (χ1n) is 11.0. The van der Waals surface area contributed by atoms with Crippen molar-refractivity contribution in [1.29, 1.82) is 0 Å². The fourth-order valence-corrected chi connectivity index (χ4v) is 4.69. The summed E-state index contributed by atoms with van der Waals surface area (Å²) in [4.78, 5) is 29.9. The van der Waals surface area contributed by atoms with Crippen LogP contribution in [0.25, 0.3) is 0 Å². The standard InChI is InChI=1S/C25H30N2O4/c1-17(2)23-24(28)27(22(25(29)30)20-10-6-7-11-21(20)31-23)19-12-14-26(15-13-19)16-18-8-4-3-5-9-18/h3-11,17,19,22-23H,12-16H2,1-2H3,(H,29,30). The molecule has 1 saturated heterocycles. The van der Waals surface area contributed by atoms with Crippen LogP contribution in [0.2, 0.25) is 0 Å². The number of nitrogens with zero attached hydrogens (tertiary/aromatic N) is 2. The third kappa shape index (κ3) is 4.44. The number of rotatable bonds is 5. The number of fused-ring (bicyclic) bond motifs is 1. The molecule has 0 saturated carbocycles. The maximum absolute atomic E-state index is 13.6. The minimum absolute atomic E-state index is 0.0613. The van der Waals surface area contributed by atoms with E-state index in [-0.39, 0.29) is 17.9 Å². The van der Waals surface area contributed by atoms with Gasteiger partial charge in [-0.1, -0.05) is 62.4 Å². The number of hydrogen-bond acceptors (Lipinski definition) is 4. The molecule has 6 nitrogen and oxygen atoms in total. The number of hydrogen-bond donors (Lipinski definition) is 1. The Balaban J connectivity index is 1.59. The molecule has 2 aromatic carbocycles. The SMILES string of the molecule is CC(C)C1Oc2ccccc2C(C(=O)O)N(C2CCN(Cc3ccccc3)CC2)C1=O. The molecule has 2 aliphatic heterocycles. The number of ether oxygens (including phenoxy) is 1. The highest BCUT2D eigenvalue weighted by Crippen LogP contribution is 2.38. The quantitative estimate of drug-likeness (QED) is 0.795. The van der Waals surface area contributed by atoms with Gasteiger partial charge >= 0.3 is 5.97 Å². The molecule has 0 aromatic heterocycles. The molecule has 0 aliphatic carbocycles. The van der Waals surface area contributed by atoms with E-state index < -0.39 is 18.1 Å². The molecule has 1 amide bonds. The number of aliphatic carboxylic acids is 1. The Labute approximate surface area is 183 Å². The lowest BCUT2D eigenvalue weighted by Gasteiger charge is -2.41. The molecule has 0 spiro atoms. The minimum Gasteiger partial charge on any atom is -0.480 e. The van der Waals surface area contributed by atoms with E-state index in [1.54, 1.807) is 23.1 Å². The second-order valence-electron chi connectivity index (χ2n) is 8.80. The first-order valence-corrected chi connectivity index (χ1v) is 11.0. The van der Waals surface area contributed by atoms with Crippen LogP contribution in [0.4, 0.5) is 0 Å². The Morgan fingerprint density at radius 3 is 2.35 bits per heavy atom. The van der Waals surface area contributed by atoms with Gasteiger partial charge in [-0.25, -0.2) is 4.79 Å². The molecule has 2 heterocycles. The second-order valence-corrected chi connectivity index (χ2v) is 8.80. The third-order valence-corrected chi connectivity index (χ3v) is 6.28. The number of piperidine rings is 1. The number of benzene rings is 2. The zero-order valence-corrected chi connectivity index (χ0v) is 18.1. The van der Waals surface area contributed by atoms with Crippen molar-refractivity contribution in [2.75, 3.05) is 13.1 Å². The zero-order chi connectivity index (χ0) is 22.0. The Morgan fingerprint density at radius 2 is 1.71 bits per heavy atom. The van der Waals surface area contributed by atoms with Gasteiger partial charge in [0.1, 0.15) is 5.75 Å². The van der Waals surface area contributed by atoms with Gasteiger partial charge in [0.25, 0.3) is 5.91 Å². The average Bonchev–Trinajstić information content (AvgIpc) is 2.90. The smallest absolute Gasteiger partial charge is 0.331 e. The van der Waals surface area contributed by atoms with Gasteiger partial charge in [-0.2, -0.15) is 0 Å². The lowest BCUT2D eigenvalue weighted by atomic mass is 9.95. The van der Waals surface area contributed by atoms with Crippen molar-refractivity contribution in [3.63, 3.8) is 0 Å². The summed E-state index contributed by atoms with van der Waals surface area (Å²) < 4.78 is 6.07. The summed E-state index contributed by atoms with van der Waals surface area (Å²) in [7, 11) is 0. The van der Waals surface area contributed by atoms with Gasteiger partial charge in [0.05, 0.1) is 0 Å². The molecule has 2 aliphatic rings. The number of carboxylic acids is 1. The first kappa shape index (κ1) is 21.4. The van der Waals surface area contributed by atoms with E-state index in [4.69, 9.17) is 4.74 Å². The lowest BCUT2D eigenvalue weighted by Crippen LogP contribution is -2.53. The van der Waals surface area contributed by atoms with Crippen molar-refractivity contribution in [3.05, 3.63) is 65.7 Å². The van der Waals surface area contributed by atoms with E-state index in [0.717, 1.165) is 32.5 Å². The normalized spacial score (nSPS) is 22.7. The van der Waals surface area contributed by atoms with Gasteiger partial charge in [-0.05, 0) is 30.4 Å². The molecule has 0 radical (unpaired) electrons. The molecule has 1 N–H and O–H groups in total. The number of carbonyl (C=O) groups excluding carboxylic acids is 1. The molecular formula is C25H30N2O4. The largest absolute Gasteiger partial charge is 0.480 e. The van der Waals surface area contributed by atoms with Crippen molar-refractivity contribution in [1.82, 2.24) is 9.80 Å². The summed E-state index contributed by atoms with van der Waals surface area (Å²) in [6.07, 6.45) is 0.804. The zero-order valence-electron chi connectivity index (χ0n) is 18.1. The fraction of sp³-hybridized carbons (Fsp3) is 0.440. The summed E-state index contributed by atoms with van der Waals surface area (Å²) in [6.45, 7) is 6.39. The predicted molar refractivity (Wildman–Crippen MR) is 118 cm³/mol. The van der Waals surface area contributed by atoms with E-state index in [1.807, 2.05) is 38.1 Å². The van der Waals surface area contributed by atoms with Gasteiger partial charge in [-0.3, -0.25) is 9.69 Å². The summed E-state index contributed by atoms with van der Waals surface area (Å²) >= 11 is 0. The number of carboxylic acid groups (broad SMARTS) is 1. The van der Waals surface area contributed by atoms with Crippen molar-refractivity contribution >= 4 is 11.9 Å². The molecule has 0 bridgehead atoms. The summed E-state index contributed by atoms with van der Waals surface area (Å²) in [5.41, 5.74) is 1.82. The van der Waals surface area contributed by atoms with E-state index in [9.17, 15) is 14.7 Å². The minimum atomic E-state index is -1.03. The summed E-state index contributed by atoms with van der Waals surface area (Å²) in [5, 5.41) is 10.1. The van der Waals surface area contributed by atoms with E-state index in [0.29, 0.717) is 11.3 Å². The van der Waals surface area contributed by atoms with Crippen molar-refractivity contribution in [3.8, 4) is 5.75 Å². The summed E-state index contributed by atoms with van der Waals surface area (Å²) in [5.74, 6) is -0.805. The van der Waals surface area contributed by atoms with E-state index >= 15 is 0 Å². The van der Waals surface area contributed by atoms with Crippen molar-refractivity contribution < 1.29 is 19.4 Å². The molecular weight excluding hydrogens is 392 g/mol. The average molecular weight is 423 g/mol. The fourth-order valence-electron chi connectivity index (χ4n) is 4.69. The Bertz CT molecular complexity index is 922. The summed E-state index contributed by atoms with van der Waals surface area (Å²) in [6, 6.07) is 16.3. The highest BCUT2D eigenvalue weighted by Gasteiger charge is 2.45. The highest BCUT2D eigenvalue weighted by molar-refractivity contribution is 5.89. The number of likely N-dealkylation sites (tertiary alicyclic amines) is 1. The molecule has 4 rings (SSSR count). The molecule has 2 atom stereocenters. The maximum Gasteiger partial charge on any atom is 0.331 e. The topological polar surface area (TPSA) is 70.1 Å². The Morgan fingerprint density at radius 1 is 1.06 bits per heavy atom. The third-order valence-electron chi connectivity index (χ3n) is 6.28. The van der Waals surface area contributed by atoms with Crippen molar-refractivity contribution in [2.45, 2.75) is 51.4 Å². The van der Waals surface area contributed by atoms with Crippen LogP contribution in [0.5, 0.6) is 5.75 Å². The van der Waals surface area contributed by atoms with Gasteiger partial charge in [0, 0.05) is 31.2 Å². The van der Waals surface area contributed by atoms with E-state index in [1.165, 1.54) is 5.56 Å². The van der Waals surface area contributed by atoms with Crippen LogP contribution < -0.4 is 4.74 Å². The Kier molecular flexibility index (Phi) is 6.28. The molecule has 1 fully saturated rings. The van der Waals surface area contributed by atoms with Gasteiger partial charge < -0.3 is 14.7 Å². The van der Waals surface area contributed by atoms with Crippen LogP contribution in [0.15, 0.2) is 54.6 Å². The number of carbonyl (C=O) groups is 2. The first-order chi connectivity index (χ1) is 15.0. The van der Waals surface area contributed by atoms with Crippen LogP contribution in [0.1, 0.15) is 43.9 Å². The van der Waals surface area contributed by atoms with E-state index in [2.05, 4.69) is 17.0 Å². The molecule has 31 heavy (non-hydrogen) atoms. The number of amides is 1.